The van der Waals surface area contributed by atoms with Gasteiger partial charge in [0.1, 0.15) is 11.9 Å². The number of pyridine rings is 1. The predicted octanol–water partition coefficient (Wildman–Crippen LogP) is 6.83. The van der Waals surface area contributed by atoms with E-state index < -0.39 is 36.1 Å². The number of amides is 1. The van der Waals surface area contributed by atoms with Crippen LogP contribution in [0, 0.1) is 39.4 Å². The van der Waals surface area contributed by atoms with Gasteiger partial charge in [-0.25, -0.2) is 9.38 Å². The van der Waals surface area contributed by atoms with Gasteiger partial charge in [0.15, 0.2) is 0 Å². The van der Waals surface area contributed by atoms with E-state index in [0.29, 0.717) is 24.8 Å². The summed E-state index contributed by atoms with van der Waals surface area (Å²) >= 11 is 0. The fourth-order valence-corrected chi connectivity index (χ4v) is 5.57. The van der Waals surface area contributed by atoms with Crippen LogP contribution in [0.3, 0.4) is 0 Å². The molecule has 3 aromatic rings. The van der Waals surface area contributed by atoms with Gasteiger partial charge in [0.05, 0.1) is 6.42 Å². The first-order valence-electron chi connectivity index (χ1n) is 15.2. The molecule has 1 amide bonds. The highest BCUT2D eigenvalue weighted by molar-refractivity contribution is 5.91. The molecule has 0 spiro atoms. The first-order chi connectivity index (χ1) is 20.7. The van der Waals surface area contributed by atoms with Gasteiger partial charge < -0.3 is 14.6 Å². The van der Waals surface area contributed by atoms with Crippen molar-refractivity contribution in [2.45, 2.75) is 79.2 Å². The highest BCUT2D eigenvalue weighted by Gasteiger charge is 2.25. The Morgan fingerprint density at radius 1 is 1.00 bits per heavy atom. The van der Waals surface area contributed by atoms with E-state index in [-0.39, 0.29) is 17.0 Å². The van der Waals surface area contributed by atoms with Crippen LogP contribution >= 0.6 is 0 Å². The van der Waals surface area contributed by atoms with Crippen LogP contribution < -0.4 is 5.56 Å². The molecule has 236 valence electrons. The molecule has 0 aliphatic carbocycles. The molecule has 0 radical (unpaired) electrons. The highest BCUT2D eigenvalue weighted by Crippen LogP contribution is 2.33. The van der Waals surface area contributed by atoms with Crippen LogP contribution in [0.25, 0.3) is 11.1 Å². The maximum absolute atomic E-state index is 15.6. The van der Waals surface area contributed by atoms with E-state index in [1.807, 2.05) is 66.9 Å². The van der Waals surface area contributed by atoms with E-state index in [1.54, 1.807) is 31.3 Å². The minimum Gasteiger partial charge on any atom is -0.481 e. The molecular weight excluding hydrogens is 557 g/mol. The van der Waals surface area contributed by atoms with Gasteiger partial charge in [-0.1, -0.05) is 32.0 Å². The van der Waals surface area contributed by atoms with Gasteiger partial charge in [-0.05, 0) is 124 Å². The van der Waals surface area contributed by atoms with Crippen LogP contribution in [0.15, 0.2) is 52.4 Å². The number of carboxylic acid groups (broad SMARTS) is 1. The monoisotopic (exact) mass is 603 g/mol. The maximum atomic E-state index is 15.6. The van der Waals surface area contributed by atoms with Crippen molar-refractivity contribution in [1.82, 2.24) is 9.47 Å². The highest BCUT2D eigenvalue weighted by atomic mass is 19.1. The lowest BCUT2D eigenvalue weighted by atomic mass is 9.88. The second-order valence-electron chi connectivity index (χ2n) is 12.6. The summed E-state index contributed by atoms with van der Waals surface area (Å²) in [6.45, 7) is 12.4. The number of carbonyl (C=O) groups is 2. The minimum atomic E-state index is -1.14. The molecule has 7 nitrogen and oxygen atoms in total. The molecule has 0 aliphatic rings. The number of hydrogen-bond donors (Lipinski definition) is 1. The van der Waals surface area contributed by atoms with Crippen LogP contribution in [0.2, 0.25) is 0 Å². The summed E-state index contributed by atoms with van der Waals surface area (Å²) in [6, 6.07) is 10.0. The number of aliphatic carboxylic acids is 1. The van der Waals surface area contributed by atoms with E-state index in [9.17, 15) is 19.5 Å². The summed E-state index contributed by atoms with van der Waals surface area (Å²) in [6.07, 6.45) is 4.35. The first kappa shape index (κ1) is 34.6. The van der Waals surface area contributed by atoms with Crippen LogP contribution in [0.5, 0.6) is 0 Å². The number of halogens is 1. The zero-order valence-corrected chi connectivity index (χ0v) is 27.3. The molecule has 0 saturated carbocycles. The Bertz CT molecular complexity index is 1570. The van der Waals surface area contributed by atoms with Crippen molar-refractivity contribution in [3.8, 4) is 11.1 Å². The zero-order chi connectivity index (χ0) is 32.7. The van der Waals surface area contributed by atoms with Crippen LogP contribution in [0.4, 0.5) is 4.39 Å². The van der Waals surface area contributed by atoms with Crippen molar-refractivity contribution >= 4 is 18.1 Å². The smallest absolute Gasteiger partial charge is 0.304 e. The van der Waals surface area contributed by atoms with Crippen molar-refractivity contribution < 1.29 is 19.1 Å². The molecule has 0 bridgehead atoms. The fraction of sp³-hybridized carbons (Fsp3) is 0.444. The van der Waals surface area contributed by atoms with Crippen LogP contribution in [0.1, 0.15) is 78.5 Å². The lowest BCUT2D eigenvalue weighted by Crippen LogP contribution is -2.30. The van der Waals surface area contributed by atoms with Gasteiger partial charge in [0.25, 0.3) is 11.5 Å². The number of aromatic nitrogens is 1. The molecule has 1 N–H and O–H groups in total. The molecule has 0 saturated heterocycles. The molecule has 2 aromatic carbocycles. The van der Waals surface area contributed by atoms with Crippen LogP contribution in [-0.2, 0) is 16.0 Å². The van der Waals surface area contributed by atoms with Gasteiger partial charge in [0, 0.05) is 30.9 Å². The standard InChI is InChI=1S/C36H46FN3O4/c1-22(2)12-13-31(40-21-27(14-15-39(7)8)25(5)17-32(40)41)36(44)38-20-29(19-33(42)43)30-18-28(16-26(6)35(30)37)34-23(3)10-9-11-24(34)4/h9-11,16-18,20-22,29,31H,12-15,19H2,1-8H3,(H,42,43). The van der Waals surface area contributed by atoms with Gasteiger partial charge in [0.2, 0.25) is 0 Å². The Labute approximate surface area is 260 Å². The topological polar surface area (TPSA) is 92.0 Å². The zero-order valence-electron chi connectivity index (χ0n) is 27.3. The molecule has 1 heterocycles. The maximum Gasteiger partial charge on any atom is 0.304 e. The molecule has 0 aliphatic heterocycles. The number of aliphatic imine (C=N–C) groups is 1. The molecule has 2 atom stereocenters. The summed E-state index contributed by atoms with van der Waals surface area (Å²) in [5.74, 6) is -2.93. The van der Waals surface area contributed by atoms with E-state index in [1.165, 1.54) is 10.8 Å². The van der Waals surface area contributed by atoms with E-state index in [0.717, 1.165) is 39.9 Å². The van der Waals surface area contributed by atoms with Crippen molar-refractivity contribution in [2.75, 3.05) is 20.6 Å². The fourth-order valence-electron chi connectivity index (χ4n) is 5.57. The second kappa shape index (κ2) is 15.2. The minimum absolute atomic E-state index is 0.166. The molecule has 1 aromatic heterocycles. The SMILES string of the molecule is Cc1cc(=O)n(C(CCC(C)C)C(=O)N=CC(CC(=O)O)c2cc(-c3c(C)cccc3C)cc(C)c2F)cc1CCN(C)C. The number of carbonyl (C=O) groups excluding carboxylic acids is 1. The molecule has 0 fully saturated rings. The molecule has 44 heavy (non-hydrogen) atoms. The molecule has 8 heteroatoms. The number of likely N-dealkylation sites (N-methyl/N-ethyl adjacent to an activating group) is 1. The summed E-state index contributed by atoms with van der Waals surface area (Å²) in [5.41, 5.74) is 5.84. The summed E-state index contributed by atoms with van der Waals surface area (Å²) in [7, 11) is 3.95. The van der Waals surface area contributed by atoms with Crippen molar-refractivity contribution in [1.29, 1.82) is 0 Å². The molecule has 2 unspecified atom stereocenters. The number of rotatable bonds is 13. The molecule has 3 rings (SSSR count). The third-order valence-electron chi connectivity index (χ3n) is 8.09. The van der Waals surface area contributed by atoms with Crippen LogP contribution in [-0.4, -0.2) is 53.3 Å². The lowest BCUT2D eigenvalue weighted by Gasteiger charge is -2.21. The summed E-state index contributed by atoms with van der Waals surface area (Å²) in [4.78, 5) is 45.1. The Balaban J connectivity index is 2.07. The Hall–Kier alpha value is -3.91. The van der Waals surface area contributed by atoms with E-state index in [2.05, 4.69) is 9.89 Å². The van der Waals surface area contributed by atoms with Gasteiger partial charge in [-0.2, -0.15) is 0 Å². The Morgan fingerprint density at radius 2 is 1.66 bits per heavy atom. The van der Waals surface area contributed by atoms with Gasteiger partial charge >= 0.3 is 5.97 Å². The van der Waals surface area contributed by atoms with E-state index >= 15 is 4.39 Å². The van der Waals surface area contributed by atoms with E-state index in [4.69, 9.17) is 0 Å². The average Bonchev–Trinajstić information content (AvgIpc) is 2.92. The third-order valence-corrected chi connectivity index (χ3v) is 8.09. The van der Waals surface area contributed by atoms with Crippen molar-refractivity contribution in [3.05, 3.63) is 92.1 Å². The second-order valence-corrected chi connectivity index (χ2v) is 12.6. The molecular formula is C36H46FN3O4. The predicted molar refractivity (Wildman–Crippen MR) is 175 cm³/mol. The number of hydrogen-bond acceptors (Lipinski definition) is 4. The summed E-state index contributed by atoms with van der Waals surface area (Å²) < 4.78 is 17.1. The Kier molecular flexibility index (Phi) is 11.9. The van der Waals surface area contributed by atoms with Gasteiger partial charge in [-0.3, -0.25) is 14.4 Å². The average molecular weight is 604 g/mol. The number of carboxylic acids is 1. The van der Waals surface area contributed by atoms with Gasteiger partial charge in [-0.15, -0.1) is 0 Å². The number of aryl methyl sites for hydroxylation is 4. The first-order valence-corrected chi connectivity index (χ1v) is 15.2. The summed E-state index contributed by atoms with van der Waals surface area (Å²) in [5, 5.41) is 9.74. The largest absolute Gasteiger partial charge is 0.481 e. The normalized spacial score (nSPS) is 13.2. The Morgan fingerprint density at radius 3 is 2.25 bits per heavy atom. The quantitative estimate of drug-likeness (QED) is 0.216. The van der Waals surface area contributed by atoms with Crippen molar-refractivity contribution in [3.63, 3.8) is 0 Å². The number of benzene rings is 2. The lowest BCUT2D eigenvalue weighted by molar-refractivity contribution is -0.137. The number of nitrogens with zero attached hydrogens (tertiary/aromatic N) is 3. The van der Waals surface area contributed by atoms with Crippen molar-refractivity contribution in [2.24, 2.45) is 10.9 Å². The third kappa shape index (κ3) is 8.82.